The van der Waals surface area contributed by atoms with Crippen LogP contribution in [0.3, 0.4) is 0 Å². The van der Waals surface area contributed by atoms with Crippen molar-refractivity contribution >= 4 is 20.0 Å². The zero-order valence-corrected chi connectivity index (χ0v) is 19.6. The van der Waals surface area contributed by atoms with Crippen LogP contribution in [0.4, 0.5) is 0 Å². The summed E-state index contributed by atoms with van der Waals surface area (Å²) in [6.45, 7) is 6.67. The first-order valence-corrected chi connectivity index (χ1v) is 13.3. The first-order chi connectivity index (χ1) is 14.6. The van der Waals surface area contributed by atoms with Gasteiger partial charge in [-0.05, 0) is 56.9 Å². The second-order valence-corrected chi connectivity index (χ2v) is 12.3. The molecule has 0 amide bonds. The van der Waals surface area contributed by atoms with Crippen LogP contribution < -0.4 is 0 Å². The fourth-order valence-electron chi connectivity index (χ4n) is 4.47. The molecule has 2 aromatic carbocycles. The van der Waals surface area contributed by atoms with E-state index in [0.29, 0.717) is 13.1 Å². The molecule has 0 spiro atoms. The molecule has 2 aliphatic rings. The second-order valence-electron chi connectivity index (χ2n) is 8.52. The van der Waals surface area contributed by atoms with Gasteiger partial charge < -0.3 is 0 Å². The van der Waals surface area contributed by atoms with Crippen LogP contribution in [0.25, 0.3) is 0 Å². The van der Waals surface area contributed by atoms with Gasteiger partial charge in [0.05, 0.1) is 9.79 Å². The molecule has 166 valence electrons. The van der Waals surface area contributed by atoms with Crippen molar-refractivity contribution in [2.45, 2.75) is 36.6 Å². The summed E-state index contributed by atoms with van der Waals surface area (Å²) in [7, 11) is -7.31. The molecule has 8 heteroatoms. The third-order valence-electron chi connectivity index (χ3n) is 6.41. The Bertz CT molecular complexity index is 1190. The molecule has 3 atom stereocenters. The van der Waals surface area contributed by atoms with E-state index in [1.165, 1.54) is 8.61 Å². The number of rotatable bonds is 4. The third kappa shape index (κ3) is 4.09. The summed E-state index contributed by atoms with van der Waals surface area (Å²) in [5.74, 6) is -0.132. The van der Waals surface area contributed by atoms with E-state index in [2.05, 4.69) is 0 Å². The van der Waals surface area contributed by atoms with Crippen molar-refractivity contribution in [2.75, 3.05) is 19.6 Å². The van der Waals surface area contributed by atoms with Crippen molar-refractivity contribution in [1.29, 1.82) is 0 Å². The maximum absolute atomic E-state index is 13.3. The SMILES string of the molecule is Cc1ccc(S(=O)(=O)N2CC3C=CCN(S(=O)(=O)c4ccc(C)cc4)C(C)C3C2)cc1. The number of aryl methyl sites for hydroxylation is 2. The van der Waals surface area contributed by atoms with Crippen LogP contribution in [0.1, 0.15) is 18.1 Å². The highest BCUT2D eigenvalue weighted by atomic mass is 32.2. The number of fused-ring (bicyclic) bond motifs is 1. The zero-order valence-electron chi connectivity index (χ0n) is 18.0. The van der Waals surface area contributed by atoms with Crippen molar-refractivity contribution in [3.63, 3.8) is 0 Å². The van der Waals surface area contributed by atoms with Crippen LogP contribution in [0.15, 0.2) is 70.5 Å². The minimum Gasteiger partial charge on any atom is -0.207 e. The summed E-state index contributed by atoms with van der Waals surface area (Å²) in [6.07, 6.45) is 3.84. The van der Waals surface area contributed by atoms with E-state index >= 15 is 0 Å². The Hall–Kier alpha value is -2.00. The van der Waals surface area contributed by atoms with Crippen LogP contribution in [0, 0.1) is 25.7 Å². The van der Waals surface area contributed by atoms with Gasteiger partial charge in [-0.2, -0.15) is 8.61 Å². The molecule has 1 fully saturated rings. The van der Waals surface area contributed by atoms with E-state index in [1.807, 2.05) is 32.9 Å². The summed E-state index contributed by atoms with van der Waals surface area (Å²) in [5.41, 5.74) is 2.00. The van der Waals surface area contributed by atoms with Crippen molar-refractivity contribution in [2.24, 2.45) is 11.8 Å². The lowest BCUT2D eigenvalue weighted by molar-refractivity contribution is 0.262. The van der Waals surface area contributed by atoms with Crippen molar-refractivity contribution in [3.8, 4) is 0 Å². The normalized spacial score (nSPS) is 25.3. The summed E-state index contributed by atoms with van der Waals surface area (Å²) < 4.78 is 56.0. The molecule has 0 aliphatic carbocycles. The monoisotopic (exact) mass is 460 g/mol. The van der Waals surface area contributed by atoms with Crippen molar-refractivity contribution in [3.05, 3.63) is 71.8 Å². The standard InChI is InChI=1S/C23H28N2O4S2/c1-17-6-10-21(11-7-17)30(26,27)24-15-20-5-4-14-25(19(3)23(20)16-24)31(28,29)22-12-8-18(2)9-13-22/h4-13,19-20,23H,14-16H2,1-3H3. The van der Waals surface area contributed by atoms with Gasteiger partial charge in [-0.25, -0.2) is 16.8 Å². The first kappa shape index (κ1) is 22.2. The minimum absolute atomic E-state index is 0.0200. The van der Waals surface area contributed by atoms with Gasteiger partial charge in [0.2, 0.25) is 20.0 Å². The maximum atomic E-state index is 13.3. The van der Waals surface area contributed by atoms with Gasteiger partial charge in [0.15, 0.2) is 0 Å². The molecular formula is C23H28N2O4S2. The molecular weight excluding hydrogens is 432 g/mol. The van der Waals surface area contributed by atoms with E-state index in [0.717, 1.165) is 11.1 Å². The van der Waals surface area contributed by atoms with Gasteiger partial charge in [0.1, 0.15) is 0 Å². The highest BCUT2D eigenvalue weighted by Crippen LogP contribution is 2.36. The third-order valence-corrected chi connectivity index (χ3v) is 10.2. The molecule has 31 heavy (non-hydrogen) atoms. The average Bonchev–Trinajstić information content (AvgIpc) is 3.10. The van der Waals surface area contributed by atoms with E-state index in [4.69, 9.17) is 0 Å². The smallest absolute Gasteiger partial charge is 0.207 e. The Morgan fingerprint density at radius 1 is 0.774 bits per heavy atom. The van der Waals surface area contributed by atoms with Crippen molar-refractivity contribution < 1.29 is 16.8 Å². The summed E-state index contributed by atoms with van der Waals surface area (Å²) >= 11 is 0. The number of hydrogen-bond acceptors (Lipinski definition) is 4. The zero-order chi connectivity index (χ0) is 22.4. The molecule has 2 aromatic rings. The number of sulfonamides is 2. The van der Waals surface area contributed by atoms with Gasteiger partial charge in [-0.3, -0.25) is 0 Å². The lowest BCUT2D eigenvalue weighted by Crippen LogP contribution is -2.44. The largest absolute Gasteiger partial charge is 0.243 e. The highest BCUT2D eigenvalue weighted by Gasteiger charge is 2.45. The number of hydrogen-bond donors (Lipinski definition) is 0. The highest BCUT2D eigenvalue weighted by molar-refractivity contribution is 7.89. The summed E-state index contributed by atoms with van der Waals surface area (Å²) in [5, 5.41) is 0. The minimum atomic E-state index is -3.69. The molecule has 6 nitrogen and oxygen atoms in total. The molecule has 0 saturated carbocycles. The van der Waals surface area contributed by atoms with Gasteiger partial charge >= 0.3 is 0 Å². The number of benzene rings is 2. The van der Waals surface area contributed by atoms with Gasteiger partial charge in [0.25, 0.3) is 0 Å². The van der Waals surface area contributed by atoms with E-state index in [-0.39, 0.29) is 34.2 Å². The van der Waals surface area contributed by atoms with Gasteiger partial charge in [-0.1, -0.05) is 47.5 Å². The Kier molecular flexibility index (Phi) is 5.85. The fraction of sp³-hybridized carbons (Fsp3) is 0.391. The van der Waals surface area contributed by atoms with E-state index < -0.39 is 20.0 Å². The van der Waals surface area contributed by atoms with Crippen molar-refractivity contribution in [1.82, 2.24) is 8.61 Å². The molecule has 2 heterocycles. The quantitative estimate of drug-likeness (QED) is 0.657. The van der Waals surface area contributed by atoms with E-state index in [9.17, 15) is 16.8 Å². The number of nitrogens with zero attached hydrogens (tertiary/aromatic N) is 2. The average molecular weight is 461 g/mol. The molecule has 4 rings (SSSR count). The molecule has 2 aliphatic heterocycles. The van der Waals surface area contributed by atoms with Gasteiger partial charge in [0, 0.05) is 25.7 Å². The van der Waals surface area contributed by atoms with Crippen LogP contribution in [-0.2, 0) is 20.0 Å². The molecule has 0 aromatic heterocycles. The van der Waals surface area contributed by atoms with Crippen LogP contribution in [0.5, 0.6) is 0 Å². The lowest BCUT2D eigenvalue weighted by Gasteiger charge is -2.31. The molecule has 3 unspecified atom stereocenters. The predicted octanol–water partition coefficient (Wildman–Crippen LogP) is 3.19. The lowest BCUT2D eigenvalue weighted by atomic mass is 9.90. The maximum Gasteiger partial charge on any atom is 0.243 e. The van der Waals surface area contributed by atoms with Crippen LogP contribution >= 0.6 is 0 Å². The molecule has 1 saturated heterocycles. The van der Waals surface area contributed by atoms with Crippen LogP contribution in [0.2, 0.25) is 0 Å². The summed E-state index contributed by atoms with van der Waals surface area (Å²) in [6, 6.07) is 13.4. The van der Waals surface area contributed by atoms with Gasteiger partial charge in [-0.15, -0.1) is 0 Å². The molecule has 0 radical (unpaired) electrons. The second kappa shape index (κ2) is 8.16. The Morgan fingerprint density at radius 2 is 1.29 bits per heavy atom. The Balaban J connectivity index is 1.61. The summed E-state index contributed by atoms with van der Waals surface area (Å²) in [4.78, 5) is 0.536. The Labute approximate surface area is 185 Å². The fourth-order valence-corrected chi connectivity index (χ4v) is 7.61. The predicted molar refractivity (Wildman–Crippen MR) is 121 cm³/mol. The molecule has 0 N–H and O–H groups in total. The van der Waals surface area contributed by atoms with E-state index in [1.54, 1.807) is 48.5 Å². The first-order valence-electron chi connectivity index (χ1n) is 10.4. The Morgan fingerprint density at radius 3 is 1.84 bits per heavy atom. The van der Waals surface area contributed by atoms with Crippen LogP contribution in [-0.4, -0.2) is 51.1 Å². The molecule has 0 bridgehead atoms. The topological polar surface area (TPSA) is 74.8 Å².